The van der Waals surface area contributed by atoms with Crippen LogP contribution in [0.25, 0.3) is 6.08 Å². The van der Waals surface area contributed by atoms with Gasteiger partial charge in [-0.2, -0.15) is 0 Å². The molecule has 1 aliphatic rings. The van der Waals surface area contributed by atoms with Gasteiger partial charge in [0.1, 0.15) is 5.75 Å². The second-order valence-corrected chi connectivity index (χ2v) is 7.31. The number of esters is 1. The van der Waals surface area contributed by atoms with Crippen LogP contribution in [0.4, 0.5) is 0 Å². The average Bonchev–Trinajstić information content (AvgIpc) is 3.00. The number of allylic oxidation sites excluding steroid dienone is 1. The zero-order chi connectivity index (χ0) is 18.8. The van der Waals surface area contributed by atoms with Crippen LogP contribution in [0.1, 0.15) is 31.8 Å². The minimum Gasteiger partial charge on any atom is -0.422 e. The fourth-order valence-corrected chi connectivity index (χ4v) is 3.86. The van der Waals surface area contributed by atoms with Crippen LogP contribution in [0.3, 0.4) is 0 Å². The Bertz CT molecular complexity index is 1060. The maximum Gasteiger partial charge on any atom is 0.343 e. The fourth-order valence-electron chi connectivity index (χ4n) is 2.82. The summed E-state index contributed by atoms with van der Waals surface area (Å²) in [6.07, 6.45) is 1.78. The zero-order valence-electron chi connectivity index (χ0n) is 14.6. The van der Waals surface area contributed by atoms with Crippen molar-refractivity contribution >= 4 is 29.6 Å². The molecule has 1 heterocycles. The largest absolute Gasteiger partial charge is 0.422 e. The van der Waals surface area contributed by atoms with E-state index < -0.39 is 5.97 Å². The Labute approximate surface area is 161 Å². The molecule has 0 N–H and O–H groups in total. The highest BCUT2D eigenvalue weighted by Gasteiger charge is 2.25. The number of carbonyl (C=O) groups is 2. The standard InChI is InChI=1S/C23H16O3S/c1-15-10-12-16(13-11-15)23(25)26-19-8-4-2-6-17(19)14-21-22(24)18-7-3-5-9-20(18)27-21/h2-14H,1H3. The van der Waals surface area contributed by atoms with Crippen molar-refractivity contribution in [3.8, 4) is 5.75 Å². The summed E-state index contributed by atoms with van der Waals surface area (Å²) in [5, 5.41) is 0. The predicted molar refractivity (Wildman–Crippen MR) is 107 cm³/mol. The van der Waals surface area contributed by atoms with Crippen LogP contribution in [-0.4, -0.2) is 11.8 Å². The van der Waals surface area contributed by atoms with E-state index in [1.807, 2.05) is 55.5 Å². The molecule has 0 bridgehead atoms. The molecule has 0 saturated heterocycles. The van der Waals surface area contributed by atoms with E-state index >= 15 is 0 Å². The Morgan fingerprint density at radius 3 is 2.41 bits per heavy atom. The molecule has 27 heavy (non-hydrogen) atoms. The Hall–Kier alpha value is -3.11. The maximum atomic E-state index is 12.6. The van der Waals surface area contributed by atoms with Gasteiger partial charge < -0.3 is 4.74 Å². The number of benzene rings is 3. The smallest absolute Gasteiger partial charge is 0.343 e. The highest BCUT2D eigenvalue weighted by Crippen LogP contribution is 2.41. The van der Waals surface area contributed by atoms with E-state index in [4.69, 9.17) is 4.74 Å². The van der Waals surface area contributed by atoms with Crippen LogP contribution in [0.2, 0.25) is 0 Å². The van der Waals surface area contributed by atoms with Gasteiger partial charge in [0.05, 0.1) is 10.5 Å². The van der Waals surface area contributed by atoms with Gasteiger partial charge in [0.25, 0.3) is 0 Å². The minimum absolute atomic E-state index is 0.00439. The van der Waals surface area contributed by atoms with Gasteiger partial charge in [-0.05, 0) is 43.3 Å². The van der Waals surface area contributed by atoms with Crippen LogP contribution in [-0.2, 0) is 0 Å². The molecule has 0 atom stereocenters. The Morgan fingerprint density at radius 2 is 1.63 bits per heavy atom. The van der Waals surface area contributed by atoms with Gasteiger partial charge in [0.2, 0.25) is 5.78 Å². The first-order chi connectivity index (χ1) is 13.1. The first-order valence-electron chi connectivity index (χ1n) is 8.53. The van der Waals surface area contributed by atoms with Crippen molar-refractivity contribution in [3.63, 3.8) is 0 Å². The first-order valence-corrected chi connectivity index (χ1v) is 9.34. The Kier molecular flexibility index (Phi) is 4.65. The molecule has 0 radical (unpaired) electrons. The maximum absolute atomic E-state index is 12.6. The monoisotopic (exact) mass is 372 g/mol. The summed E-state index contributed by atoms with van der Waals surface area (Å²) in [5.74, 6) is 0.00438. The molecule has 4 rings (SSSR count). The molecule has 0 spiro atoms. The second-order valence-electron chi connectivity index (χ2n) is 6.23. The van der Waals surface area contributed by atoms with E-state index in [2.05, 4.69) is 0 Å². The summed E-state index contributed by atoms with van der Waals surface area (Å²) in [7, 11) is 0. The molecule has 4 heteroatoms. The summed E-state index contributed by atoms with van der Waals surface area (Å²) in [6, 6.07) is 22.0. The highest BCUT2D eigenvalue weighted by molar-refractivity contribution is 8.04. The number of hydrogen-bond donors (Lipinski definition) is 0. The van der Waals surface area contributed by atoms with Crippen molar-refractivity contribution in [2.75, 3.05) is 0 Å². The predicted octanol–water partition coefficient (Wildman–Crippen LogP) is 5.54. The third-order valence-corrected chi connectivity index (χ3v) is 5.37. The summed E-state index contributed by atoms with van der Waals surface area (Å²) in [4.78, 5) is 26.6. The summed E-state index contributed by atoms with van der Waals surface area (Å²) < 4.78 is 5.59. The third-order valence-electron chi connectivity index (χ3n) is 4.27. The summed E-state index contributed by atoms with van der Waals surface area (Å²) in [6.45, 7) is 1.96. The number of para-hydroxylation sites is 1. The van der Waals surface area contributed by atoms with Gasteiger partial charge in [0, 0.05) is 16.0 Å². The van der Waals surface area contributed by atoms with Crippen LogP contribution in [0, 0.1) is 6.92 Å². The van der Waals surface area contributed by atoms with Gasteiger partial charge in [0.15, 0.2) is 0 Å². The Balaban J connectivity index is 1.62. The summed E-state index contributed by atoms with van der Waals surface area (Å²) in [5.41, 5.74) is 2.97. The number of carbonyl (C=O) groups excluding carboxylic acids is 2. The number of thioether (sulfide) groups is 1. The molecule has 3 aromatic carbocycles. The molecule has 3 nitrogen and oxygen atoms in total. The van der Waals surface area contributed by atoms with E-state index in [1.54, 1.807) is 30.3 Å². The lowest BCUT2D eigenvalue weighted by Gasteiger charge is -2.08. The van der Waals surface area contributed by atoms with Crippen molar-refractivity contribution in [3.05, 3.63) is 100.0 Å². The van der Waals surface area contributed by atoms with E-state index in [0.29, 0.717) is 27.3 Å². The normalized spacial score (nSPS) is 14.3. The number of Topliss-reactive ketones (excluding diaryl/α,β-unsaturated/α-hetero) is 1. The lowest BCUT2D eigenvalue weighted by atomic mass is 10.1. The van der Waals surface area contributed by atoms with Crippen molar-refractivity contribution in [1.82, 2.24) is 0 Å². The van der Waals surface area contributed by atoms with Crippen molar-refractivity contribution in [2.24, 2.45) is 0 Å². The van der Waals surface area contributed by atoms with E-state index in [-0.39, 0.29) is 5.78 Å². The molecule has 0 aliphatic carbocycles. The molecule has 0 fully saturated rings. The van der Waals surface area contributed by atoms with E-state index in [1.165, 1.54) is 11.8 Å². The van der Waals surface area contributed by atoms with Crippen molar-refractivity contribution in [2.45, 2.75) is 11.8 Å². The lowest BCUT2D eigenvalue weighted by Crippen LogP contribution is -2.09. The van der Waals surface area contributed by atoms with Crippen LogP contribution in [0.5, 0.6) is 5.75 Å². The number of aryl methyl sites for hydroxylation is 1. The van der Waals surface area contributed by atoms with Gasteiger partial charge in [-0.1, -0.05) is 59.8 Å². The molecule has 0 saturated carbocycles. The number of ketones is 1. The van der Waals surface area contributed by atoms with Gasteiger partial charge in [-0.15, -0.1) is 0 Å². The average molecular weight is 372 g/mol. The van der Waals surface area contributed by atoms with Crippen LogP contribution in [0.15, 0.2) is 82.6 Å². The molecule has 0 amide bonds. The SMILES string of the molecule is Cc1ccc(C(=O)Oc2ccccc2C=C2Sc3ccccc3C2=O)cc1. The van der Waals surface area contributed by atoms with Crippen molar-refractivity contribution in [1.29, 1.82) is 0 Å². The minimum atomic E-state index is -0.422. The Morgan fingerprint density at radius 1 is 0.926 bits per heavy atom. The highest BCUT2D eigenvalue weighted by atomic mass is 32.2. The second kappa shape index (κ2) is 7.25. The fraction of sp³-hybridized carbons (Fsp3) is 0.0435. The molecule has 132 valence electrons. The van der Waals surface area contributed by atoms with Crippen LogP contribution >= 0.6 is 11.8 Å². The number of fused-ring (bicyclic) bond motifs is 1. The summed E-state index contributed by atoms with van der Waals surface area (Å²) >= 11 is 1.44. The topological polar surface area (TPSA) is 43.4 Å². The quantitative estimate of drug-likeness (QED) is 0.344. The van der Waals surface area contributed by atoms with E-state index in [9.17, 15) is 9.59 Å². The van der Waals surface area contributed by atoms with Crippen molar-refractivity contribution < 1.29 is 14.3 Å². The van der Waals surface area contributed by atoms with Gasteiger partial charge in [-0.3, -0.25) is 4.79 Å². The molecule has 0 unspecified atom stereocenters. The molecule has 1 aliphatic heterocycles. The van der Waals surface area contributed by atoms with Gasteiger partial charge >= 0.3 is 5.97 Å². The molecule has 0 aromatic heterocycles. The molecular formula is C23H16O3S. The van der Waals surface area contributed by atoms with Gasteiger partial charge in [-0.25, -0.2) is 4.79 Å². The number of rotatable bonds is 3. The number of ether oxygens (including phenoxy) is 1. The molecule has 3 aromatic rings. The number of hydrogen-bond acceptors (Lipinski definition) is 4. The first kappa shape index (κ1) is 17.3. The van der Waals surface area contributed by atoms with E-state index in [0.717, 1.165) is 10.5 Å². The molecular weight excluding hydrogens is 356 g/mol. The third kappa shape index (κ3) is 3.57. The zero-order valence-corrected chi connectivity index (χ0v) is 15.5. The lowest BCUT2D eigenvalue weighted by molar-refractivity contribution is 0.0734. The van der Waals surface area contributed by atoms with Crippen LogP contribution < -0.4 is 4.74 Å².